The van der Waals surface area contributed by atoms with Crippen molar-refractivity contribution in [1.82, 2.24) is 9.13 Å². The molecule has 2 aromatic heterocycles. The molecule has 10 nitrogen and oxygen atoms in total. The number of nitrogens with zero attached hydrogens (tertiary/aromatic N) is 2. The van der Waals surface area contributed by atoms with Crippen molar-refractivity contribution in [3.63, 3.8) is 0 Å². The molecule has 0 radical (unpaired) electrons. The van der Waals surface area contributed by atoms with Crippen molar-refractivity contribution in [2.45, 2.75) is 13.1 Å². The summed E-state index contributed by atoms with van der Waals surface area (Å²) >= 11 is 6.67. The Morgan fingerprint density at radius 3 is 1.26 bits per heavy atom. The van der Waals surface area contributed by atoms with Gasteiger partial charge in [-0.1, -0.05) is 0 Å². The maximum absolute atomic E-state index is 12.8. The predicted octanol–water partition coefficient (Wildman–Crippen LogP) is 2.05. The number of pyridine rings is 2. The number of fused-ring (bicyclic) bond motifs is 1. The van der Waals surface area contributed by atoms with Crippen LogP contribution in [0, 0.1) is 0 Å². The Morgan fingerprint density at radius 1 is 0.588 bits per heavy atom. The highest BCUT2D eigenvalue weighted by molar-refractivity contribution is 9.10. The van der Waals surface area contributed by atoms with E-state index in [2.05, 4.69) is 31.9 Å². The molecule has 192 valence electrons. The summed E-state index contributed by atoms with van der Waals surface area (Å²) in [6.45, 7) is 5.07. The predicted molar refractivity (Wildman–Crippen MR) is 135 cm³/mol. The molecule has 0 fully saturated rings. The molecular weight excluding hydrogens is 580 g/mol. The second-order valence-electron chi connectivity index (χ2n) is 7.10. The number of halogens is 2. The number of ether oxygens (including phenoxy) is 6. The van der Waals surface area contributed by atoms with Crippen molar-refractivity contribution in [1.29, 1.82) is 0 Å². The van der Waals surface area contributed by atoms with E-state index in [0.717, 1.165) is 0 Å². The van der Waals surface area contributed by atoms with E-state index in [1.807, 2.05) is 0 Å². The average molecular weight is 612 g/mol. The lowest BCUT2D eigenvalue weighted by Gasteiger charge is -2.16. The number of rotatable bonds is 18. The van der Waals surface area contributed by atoms with Gasteiger partial charge in [-0.05, 0) is 44.0 Å². The largest absolute Gasteiger partial charge is 0.382 e. The summed E-state index contributed by atoms with van der Waals surface area (Å²) in [6, 6.07) is 3.33. The molecule has 0 saturated carbocycles. The van der Waals surface area contributed by atoms with Gasteiger partial charge in [0.1, 0.15) is 0 Å². The molecule has 0 aliphatic heterocycles. The zero-order valence-electron chi connectivity index (χ0n) is 19.6. The quantitative estimate of drug-likeness (QED) is 0.236. The molecule has 0 aliphatic carbocycles. The van der Waals surface area contributed by atoms with Gasteiger partial charge < -0.3 is 37.6 Å². The van der Waals surface area contributed by atoms with Gasteiger partial charge in [-0.2, -0.15) is 0 Å². The van der Waals surface area contributed by atoms with E-state index in [0.29, 0.717) is 99.1 Å². The van der Waals surface area contributed by atoms with Crippen molar-refractivity contribution in [3.8, 4) is 0 Å². The maximum atomic E-state index is 12.8. The summed E-state index contributed by atoms with van der Waals surface area (Å²) in [5.41, 5.74) is 0.855. The van der Waals surface area contributed by atoms with Gasteiger partial charge in [0.05, 0.1) is 86.0 Å². The van der Waals surface area contributed by atoms with Gasteiger partial charge >= 0.3 is 0 Å². The third-order valence-corrected chi connectivity index (χ3v) is 5.93. The molecule has 2 rings (SSSR count). The third kappa shape index (κ3) is 9.15. The fourth-order valence-electron chi connectivity index (χ4n) is 3.10. The SMILES string of the molecule is COCCOCCOCCn1c(=O)c(Br)cc2c1cc(Br)c(=O)n2CCOCCOCCOC. The standard InChI is InChI=1S/C22H32Br2N2O8/c1-29-7-9-33-13-11-31-5-3-25-19-15-18(24)22(28)26(20(19)16-17(23)21(25)27)4-6-32-12-14-34-10-8-30-2/h15-16H,3-14H2,1-2H3. The summed E-state index contributed by atoms with van der Waals surface area (Å²) in [5.74, 6) is 0. The van der Waals surface area contributed by atoms with E-state index in [9.17, 15) is 9.59 Å². The minimum Gasteiger partial charge on any atom is -0.382 e. The zero-order valence-corrected chi connectivity index (χ0v) is 22.7. The van der Waals surface area contributed by atoms with Gasteiger partial charge in [0, 0.05) is 27.3 Å². The van der Waals surface area contributed by atoms with Crippen LogP contribution in [0.4, 0.5) is 0 Å². The van der Waals surface area contributed by atoms with E-state index < -0.39 is 0 Å². The van der Waals surface area contributed by atoms with Gasteiger partial charge in [-0.25, -0.2) is 0 Å². The molecule has 2 aromatic rings. The van der Waals surface area contributed by atoms with Crippen LogP contribution in [0.25, 0.3) is 11.0 Å². The highest BCUT2D eigenvalue weighted by Gasteiger charge is 2.14. The first-order chi connectivity index (χ1) is 16.5. The molecular formula is C22H32Br2N2O8. The molecule has 0 saturated heterocycles. The maximum Gasteiger partial charge on any atom is 0.265 e. The van der Waals surface area contributed by atoms with E-state index in [1.165, 1.54) is 0 Å². The molecule has 0 bridgehead atoms. The molecule has 0 amide bonds. The number of methoxy groups -OCH3 is 2. The van der Waals surface area contributed by atoms with E-state index in [1.54, 1.807) is 35.5 Å². The van der Waals surface area contributed by atoms with Crippen LogP contribution in [0.5, 0.6) is 0 Å². The highest BCUT2D eigenvalue weighted by Crippen LogP contribution is 2.19. The van der Waals surface area contributed by atoms with Crippen LogP contribution in [0.3, 0.4) is 0 Å². The van der Waals surface area contributed by atoms with E-state index in [4.69, 9.17) is 28.4 Å². The van der Waals surface area contributed by atoms with Gasteiger partial charge in [0.2, 0.25) is 0 Å². The second-order valence-corrected chi connectivity index (χ2v) is 8.81. The summed E-state index contributed by atoms with van der Waals surface area (Å²) < 4.78 is 35.7. The number of aromatic nitrogens is 2. The van der Waals surface area contributed by atoms with Gasteiger partial charge in [0.15, 0.2) is 0 Å². The first kappa shape index (κ1) is 29.1. The topological polar surface area (TPSA) is 99.4 Å². The molecule has 34 heavy (non-hydrogen) atoms. The van der Waals surface area contributed by atoms with Crippen molar-refractivity contribution in [2.75, 3.05) is 80.3 Å². The molecule has 0 N–H and O–H groups in total. The molecule has 0 spiro atoms. The highest BCUT2D eigenvalue weighted by atomic mass is 79.9. The summed E-state index contributed by atoms with van der Waals surface area (Å²) in [6.07, 6.45) is 0. The molecule has 0 unspecified atom stereocenters. The average Bonchev–Trinajstić information content (AvgIpc) is 2.82. The minimum absolute atomic E-state index is 0.200. The lowest BCUT2D eigenvalue weighted by molar-refractivity contribution is 0.0229. The van der Waals surface area contributed by atoms with Crippen LogP contribution in [0.1, 0.15) is 0 Å². The molecule has 0 atom stereocenters. The summed E-state index contributed by atoms with van der Waals surface area (Å²) in [5, 5.41) is 0. The van der Waals surface area contributed by atoms with Crippen LogP contribution in [0.15, 0.2) is 30.7 Å². The Labute approximate surface area is 215 Å². The smallest absolute Gasteiger partial charge is 0.265 e. The lowest BCUT2D eigenvalue weighted by atomic mass is 10.3. The molecule has 0 aromatic carbocycles. The van der Waals surface area contributed by atoms with E-state index >= 15 is 0 Å². The van der Waals surface area contributed by atoms with Gasteiger partial charge in [-0.3, -0.25) is 9.59 Å². The fraction of sp³-hybridized carbons (Fsp3) is 0.636. The van der Waals surface area contributed by atoms with Crippen molar-refractivity contribution >= 4 is 42.9 Å². The van der Waals surface area contributed by atoms with Crippen molar-refractivity contribution < 1.29 is 28.4 Å². The first-order valence-corrected chi connectivity index (χ1v) is 12.5. The number of hydrogen-bond acceptors (Lipinski definition) is 8. The normalized spacial score (nSPS) is 11.5. The molecule has 0 aliphatic rings. The Kier molecular flexibility index (Phi) is 14.2. The van der Waals surface area contributed by atoms with Crippen LogP contribution in [-0.2, 0) is 41.5 Å². The fourth-order valence-corrected chi connectivity index (χ4v) is 3.97. The Morgan fingerprint density at radius 2 is 0.912 bits per heavy atom. The molecule has 12 heteroatoms. The van der Waals surface area contributed by atoms with Crippen LogP contribution < -0.4 is 11.1 Å². The van der Waals surface area contributed by atoms with Crippen LogP contribution in [0.2, 0.25) is 0 Å². The first-order valence-electron chi connectivity index (χ1n) is 10.9. The van der Waals surface area contributed by atoms with Crippen molar-refractivity contribution in [3.05, 3.63) is 41.8 Å². The summed E-state index contributed by atoms with van der Waals surface area (Å²) in [7, 11) is 3.23. The summed E-state index contributed by atoms with van der Waals surface area (Å²) in [4.78, 5) is 25.6. The number of hydrogen-bond donors (Lipinski definition) is 0. The van der Waals surface area contributed by atoms with E-state index in [-0.39, 0.29) is 11.1 Å². The monoisotopic (exact) mass is 610 g/mol. The third-order valence-electron chi connectivity index (χ3n) is 4.80. The Hall–Kier alpha value is -1.12. The minimum atomic E-state index is -0.200. The van der Waals surface area contributed by atoms with Crippen molar-refractivity contribution in [2.24, 2.45) is 0 Å². The lowest BCUT2D eigenvalue weighted by Crippen LogP contribution is -2.29. The van der Waals surface area contributed by atoms with Gasteiger partial charge in [-0.15, -0.1) is 0 Å². The molecule has 2 heterocycles. The van der Waals surface area contributed by atoms with Crippen LogP contribution in [-0.4, -0.2) is 89.4 Å². The second kappa shape index (κ2) is 16.5. The van der Waals surface area contributed by atoms with Gasteiger partial charge in [0.25, 0.3) is 11.1 Å². The zero-order chi connectivity index (χ0) is 24.8. The Balaban J connectivity index is 2.05. The van der Waals surface area contributed by atoms with Crippen LogP contribution >= 0.6 is 31.9 Å². The Bertz CT molecular complexity index is 916.